The van der Waals surface area contributed by atoms with Crippen LogP contribution in [0, 0.1) is 0 Å². The number of halogens is 3. The van der Waals surface area contributed by atoms with Gasteiger partial charge in [0.25, 0.3) is 0 Å². The maximum atomic E-state index is 13.1. The molecule has 4 aromatic heterocycles. The van der Waals surface area contributed by atoms with Crippen LogP contribution < -0.4 is 4.90 Å². The van der Waals surface area contributed by atoms with E-state index in [1.165, 1.54) is 17.5 Å². The molecule has 0 radical (unpaired) electrons. The smallest absolute Gasteiger partial charge is 0.346 e. The van der Waals surface area contributed by atoms with E-state index in [1.54, 1.807) is 0 Å². The van der Waals surface area contributed by atoms with Crippen molar-refractivity contribution < 1.29 is 13.2 Å². The Morgan fingerprint density at radius 2 is 1.71 bits per heavy atom. The minimum Gasteiger partial charge on any atom is -0.346 e. The third kappa shape index (κ3) is 3.98. The molecular formula is C27H25F3N8. The summed E-state index contributed by atoms with van der Waals surface area (Å²) in [4.78, 5) is 22.2. The summed E-state index contributed by atoms with van der Waals surface area (Å²) >= 11 is 0. The van der Waals surface area contributed by atoms with Gasteiger partial charge < -0.3 is 9.88 Å². The highest BCUT2D eigenvalue weighted by Gasteiger charge is 2.33. The van der Waals surface area contributed by atoms with Crippen LogP contribution in [-0.4, -0.2) is 41.2 Å². The number of aromatic nitrogens is 7. The minimum atomic E-state index is -4.49. The molecule has 6 rings (SSSR count). The Hall–Kier alpha value is -4.28. The number of hydrogen-bond acceptors (Lipinski definition) is 6. The van der Waals surface area contributed by atoms with Gasteiger partial charge in [0, 0.05) is 49.1 Å². The lowest BCUT2D eigenvalue weighted by molar-refractivity contribution is -0.138. The van der Waals surface area contributed by atoms with Crippen LogP contribution in [0.5, 0.6) is 0 Å². The number of hydrogen-bond donors (Lipinski definition) is 1. The number of rotatable bonds is 5. The molecule has 0 fully saturated rings. The molecule has 8 nitrogen and oxygen atoms in total. The average Bonchev–Trinajstić information content (AvgIpc) is 3.56. The number of aryl methyl sites for hydroxylation is 2. The molecule has 38 heavy (non-hydrogen) atoms. The first-order chi connectivity index (χ1) is 18.4. The van der Waals surface area contributed by atoms with Gasteiger partial charge in [-0.3, -0.25) is 0 Å². The zero-order valence-corrected chi connectivity index (χ0v) is 20.9. The molecule has 1 N–H and O–H groups in total. The summed E-state index contributed by atoms with van der Waals surface area (Å²) in [7, 11) is 0. The lowest BCUT2D eigenvalue weighted by Gasteiger charge is -2.27. The number of nitrogens with one attached hydrogen (secondary N) is 1. The van der Waals surface area contributed by atoms with E-state index in [0.717, 1.165) is 64.6 Å². The molecule has 5 heterocycles. The number of nitrogens with zero attached hydrogens (tertiary/aromatic N) is 7. The van der Waals surface area contributed by atoms with Crippen LogP contribution in [0.1, 0.15) is 41.8 Å². The third-order valence-corrected chi connectivity index (χ3v) is 7.04. The predicted octanol–water partition coefficient (Wildman–Crippen LogP) is 5.31. The molecule has 0 saturated carbocycles. The van der Waals surface area contributed by atoms with Crippen molar-refractivity contribution in [1.82, 2.24) is 34.7 Å². The van der Waals surface area contributed by atoms with Crippen LogP contribution in [0.3, 0.4) is 0 Å². The maximum Gasteiger partial charge on any atom is 0.419 e. The van der Waals surface area contributed by atoms with E-state index in [0.29, 0.717) is 19.5 Å². The van der Waals surface area contributed by atoms with Crippen molar-refractivity contribution in [2.45, 2.75) is 45.8 Å². The maximum absolute atomic E-state index is 13.1. The molecule has 0 aliphatic carbocycles. The largest absolute Gasteiger partial charge is 0.419 e. The number of alkyl halides is 3. The van der Waals surface area contributed by atoms with Crippen molar-refractivity contribution in [2.75, 3.05) is 11.4 Å². The van der Waals surface area contributed by atoms with Crippen LogP contribution in [0.15, 0.2) is 49.2 Å². The fourth-order valence-electron chi connectivity index (χ4n) is 5.13. The van der Waals surface area contributed by atoms with Crippen LogP contribution in [0.4, 0.5) is 19.1 Å². The van der Waals surface area contributed by atoms with Gasteiger partial charge in [-0.15, -0.1) is 0 Å². The molecule has 1 aliphatic heterocycles. The zero-order chi connectivity index (χ0) is 26.4. The summed E-state index contributed by atoms with van der Waals surface area (Å²) < 4.78 is 41.2. The first-order valence-electron chi connectivity index (χ1n) is 12.5. The predicted molar refractivity (Wildman–Crippen MR) is 137 cm³/mol. The molecular weight excluding hydrogens is 493 g/mol. The Balaban J connectivity index is 1.53. The third-order valence-electron chi connectivity index (χ3n) is 7.04. The zero-order valence-electron chi connectivity index (χ0n) is 20.9. The second-order valence-corrected chi connectivity index (χ2v) is 9.22. The Kier molecular flexibility index (Phi) is 5.85. The van der Waals surface area contributed by atoms with E-state index in [4.69, 9.17) is 10.1 Å². The summed E-state index contributed by atoms with van der Waals surface area (Å²) in [6.07, 6.45) is 2.81. The minimum absolute atomic E-state index is 0.250. The highest BCUT2D eigenvalue weighted by Crippen LogP contribution is 2.37. The van der Waals surface area contributed by atoms with Gasteiger partial charge in [0.2, 0.25) is 5.95 Å². The van der Waals surface area contributed by atoms with Crippen LogP contribution in [0.25, 0.3) is 28.1 Å². The molecule has 0 spiro atoms. The van der Waals surface area contributed by atoms with Crippen LogP contribution in [-0.2, 0) is 32.0 Å². The first-order valence-corrected chi connectivity index (χ1v) is 12.5. The molecule has 0 atom stereocenters. The summed E-state index contributed by atoms with van der Waals surface area (Å²) in [6.45, 7) is 5.18. The summed E-state index contributed by atoms with van der Waals surface area (Å²) in [5.41, 5.74) is 6.71. The fourth-order valence-corrected chi connectivity index (χ4v) is 5.13. The lowest BCUT2D eigenvalue weighted by Crippen LogP contribution is -2.31. The van der Waals surface area contributed by atoms with Gasteiger partial charge in [0.15, 0.2) is 0 Å². The summed E-state index contributed by atoms with van der Waals surface area (Å²) in [6, 6.07) is 8.25. The van der Waals surface area contributed by atoms with Crippen molar-refractivity contribution in [3.05, 3.63) is 77.1 Å². The van der Waals surface area contributed by atoms with Gasteiger partial charge in [-0.1, -0.05) is 32.0 Å². The second-order valence-electron chi connectivity index (χ2n) is 9.22. The van der Waals surface area contributed by atoms with E-state index in [9.17, 15) is 13.2 Å². The van der Waals surface area contributed by atoms with Crippen molar-refractivity contribution in [1.29, 1.82) is 0 Å². The number of para-hydroxylation sites is 1. The SMILES string of the molecule is CCc1cccc(CC)c1-n1nc2c(c1-c1ncnc3[nH]ccc13)CN(c1ncc(C(F)(F)F)cn1)CC2. The fraction of sp³-hybridized carbons (Fsp3) is 0.296. The number of aromatic amines is 1. The molecule has 11 heteroatoms. The molecule has 0 saturated heterocycles. The van der Waals surface area contributed by atoms with Crippen molar-refractivity contribution in [3.8, 4) is 17.1 Å². The molecule has 1 aromatic carbocycles. The monoisotopic (exact) mass is 518 g/mol. The number of fused-ring (bicyclic) bond motifs is 2. The molecule has 5 aromatic rings. The Labute approximate surface area is 216 Å². The van der Waals surface area contributed by atoms with Gasteiger partial charge in [-0.25, -0.2) is 24.6 Å². The number of anilines is 1. The Morgan fingerprint density at radius 3 is 2.39 bits per heavy atom. The lowest BCUT2D eigenvalue weighted by atomic mass is 10.0. The van der Waals surface area contributed by atoms with Gasteiger partial charge in [0.05, 0.1) is 22.6 Å². The number of benzene rings is 1. The number of H-pyrrole nitrogens is 1. The summed E-state index contributed by atoms with van der Waals surface area (Å²) in [5.74, 6) is 0.250. The van der Waals surface area contributed by atoms with E-state index < -0.39 is 11.7 Å². The topological polar surface area (TPSA) is 88.4 Å². The quantitative estimate of drug-likeness (QED) is 0.339. The highest BCUT2D eigenvalue weighted by molar-refractivity contribution is 5.91. The van der Waals surface area contributed by atoms with Gasteiger partial charge in [-0.2, -0.15) is 18.3 Å². The van der Waals surface area contributed by atoms with Gasteiger partial charge in [0.1, 0.15) is 17.7 Å². The molecule has 1 aliphatic rings. The van der Waals surface area contributed by atoms with E-state index in [1.807, 2.05) is 21.8 Å². The van der Waals surface area contributed by atoms with E-state index in [-0.39, 0.29) is 5.95 Å². The molecule has 194 valence electrons. The molecule has 0 unspecified atom stereocenters. The normalized spacial score (nSPS) is 13.8. The van der Waals surface area contributed by atoms with Crippen molar-refractivity contribution in [2.24, 2.45) is 0 Å². The molecule has 0 bridgehead atoms. The summed E-state index contributed by atoms with van der Waals surface area (Å²) in [5, 5.41) is 5.98. The van der Waals surface area contributed by atoms with Gasteiger partial charge in [-0.05, 0) is 30.0 Å². The van der Waals surface area contributed by atoms with E-state index in [2.05, 4.69) is 52.0 Å². The first kappa shape index (κ1) is 24.1. The standard InChI is InChI=1S/C27H25F3N8/c1-3-16-6-5-7-17(4-2)23(16)38-24(22-19-8-10-31-25(19)35-15-34-22)20-14-37(11-9-21(20)36-38)26-32-12-18(13-33-26)27(28,29)30/h5-8,10,12-13,15H,3-4,9,11,14H2,1-2H3,(H,31,34,35). The Morgan fingerprint density at radius 1 is 0.974 bits per heavy atom. The second kappa shape index (κ2) is 9.23. The van der Waals surface area contributed by atoms with Crippen LogP contribution >= 0.6 is 0 Å². The van der Waals surface area contributed by atoms with Crippen LogP contribution in [0.2, 0.25) is 0 Å². The highest BCUT2D eigenvalue weighted by atomic mass is 19.4. The van der Waals surface area contributed by atoms with Crippen molar-refractivity contribution in [3.63, 3.8) is 0 Å². The Bertz CT molecular complexity index is 1600. The van der Waals surface area contributed by atoms with Crippen molar-refractivity contribution >= 4 is 17.0 Å². The van der Waals surface area contributed by atoms with Gasteiger partial charge >= 0.3 is 6.18 Å². The average molecular weight is 519 g/mol. The van der Waals surface area contributed by atoms with E-state index >= 15 is 0 Å². The molecule has 0 amide bonds.